The average Bonchev–Trinajstić information content (AvgIpc) is 2.08. The predicted octanol–water partition coefficient (Wildman–Crippen LogP) is 3.47. The van der Waals surface area contributed by atoms with Gasteiger partial charge in [0.1, 0.15) is 19.3 Å². The Hall–Kier alpha value is 0.340. The largest absolute Gasteiger partial charge is 0.232 e. The summed E-state index contributed by atoms with van der Waals surface area (Å²) in [6, 6.07) is 0. The van der Waals surface area contributed by atoms with Gasteiger partial charge in [0, 0.05) is 0 Å². The Labute approximate surface area is 112 Å². The van der Waals surface area contributed by atoms with Gasteiger partial charge < -0.3 is 0 Å². The first-order valence-corrected chi connectivity index (χ1v) is 6.47. The molecule has 0 saturated carbocycles. The van der Waals surface area contributed by atoms with Crippen molar-refractivity contribution in [2.45, 2.75) is 0 Å². The van der Waals surface area contributed by atoms with Crippen molar-refractivity contribution in [2.24, 2.45) is 0 Å². The molecule has 2 rings (SSSR count). The van der Waals surface area contributed by atoms with Gasteiger partial charge in [-0.2, -0.15) is 0 Å². The molecule has 72 valence electrons. The molecule has 2 aromatic heterocycles. The van der Waals surface area contributed by atoms with Crippen molar-refractivity contribution in [3.05, 3.63) is 18.5 Å². The average molecular weight is 448 g/mol. The van der Waals surface area contributed by atoms with Crippen LogP contribution >= 0.6 is 63.7 Å². The standard InChI is InChI=1S/C6Br4N4/c7-2-1-5(14-6(10)13-2)12-4(9)3(8)11-1. The third kappa shape index (κ3) is 1.98. The van der Waals surface area contributed by atoms with Gasteiger partial charge in [0.25, 0.3) is 0 Å². The van der Waals surface area contributed by atoms with Crippen LogP contribution in [0.4, 0.5) is 0 Å². The van der Waals surface area contributed by atoms with E-state index < -0.39 is 0 Å². The van der Waals surface area contributed by atoms with Gasteiger partial charge in [-0.05, 0) is 63.7 Å². The fourth-order valence-electron chi connectivity index (χ4n) is 0.849. The molecular weight excluding hydrogens is 448 g/mol. The Morgan fingerprint density at radius 3 is 2.00 bits per heavy atom. The number of aromatic nitrogens is 4. The van der Waals surface area contributed by atoms with E-state index in [0.29, 0.717) is 29.7 Å². The molecule has 0 bridgehead atoms. The van der Waals surface area contributed by atoms with E-state index in [9.17, 15) is 0 Å². The Balaban J connectivity index is 2.89. The highest BCUT2D eigenvalue weighted by atomic mass is 79.9. The molecule has 8 heteroatoms. The Bertz CT molecular complexity index is 515. The summed E-state index contributed by atoms with van der Waals surface area (Å²) in [5.74, 6) is 0. The third-order valence-electron chi connectivity index (χ3n) is 1.38. The summed E-state index contributed by atoms with van der Waals surface area (Å²) in [5, 5.41) is 0. The number of fused-ring (bicyclic) bond motifs is 1. The first kappa shape index (κ1) is 10.8. The molecule has 0 aromatic carbocycles. The monoisotopic (exact) mass is 444 g/mol. The number of hydrogen-bond donors (Lipinski definition) is 0. The van der Waals surface area contributed by atoms with Gasteiger partial charge in [-0.15, -0.1) is 0 Å². The van der Waals surface area contributed by atoms with Crippen LogP contribution in [0.3, 0.4) is 0 Å². The lowest BCUT2D eigenvalue weighted by atomic mass is 10.5. The molecule has 0 fully saturated rings. The minimum Gasteiger partial charge on any atom is -0.232 e. The van der Waals surface area contributed by atoms with Gasteiger partial charge in [0.05, 0.1) is 0 Å². The van der Waals surface area contributed by atoms with Crippen LogP contribution < -0.4 is 0 Å². The van der Waals surface area contributed by atoms with E-state index in [1.165, 1.54) is 0 Å². The van der Waals surface area contributed by atoms with E-state index in [1.54, 1.807) is 0 Å². The lowest BCUT2D eigenvalue weighted by molar-refractivity contribution is 1.06. The Morgan fingerprint density at radius 1 is 0.643 bits per heavy atom. The Morgan fingerprint density at radius 2 is 1.29 bits per heavy atom. The fraction of sp³-hybridized carbons (Fsp3) is 0. The molecule has 14 heavy (non-hydrogen) atoms. The van der Waals surface area contributed by atoms with E-state index in [2.05, 4.69) is 83.7 Å². The molecule has 2 aromatic rings. The maximum atomic E-state index is 4.23. The van der Waals surface area contributed by atoms with E-state index in [0.717, 1.165) is 0 Å². The molecule has 2 heterocycles. The molecule has 0 N–H and O–H groups in total. The van der Waals surface area contributed by atoms with Gasteiger partial charge in [0.2, 0.25) is 0 Å². The second kappa shape index (κ2) is 4.07. The van der Waals surface area contributed by atoms with Crippen molar-refractivity contribution >= 4 is 74.9 Å². The molecule has 4 nitrogen and oxygen atoms in total. The van der Waals surface area contributed by atoms with Crippen LogP contribution in [0.15, 0.2) is 18.5 Å². The first-order valence-electron chi connectivity index (χ1n) is 3.29. The van der Waals surface area contributed by atoms with Crippen LogP contribution in [0, 0.1) is 0 Å². The summed E-state index contributed by atoms with van der Waals surface area (Å²) < 4.78 is 2.31. The van der Waals surface area contributed by atoms with Crippen LogP contribution in [-0.2, 0) is 0 Å². The molecule has 0 unspecified atom stereocenters. The topological polar surface area (TPSA) is 51.6 Å². The molecule has 0 saturated heterocycles. The van der Waals surface area contributed by atoms with Crippen LogP contribution in [0.1, 0.15) is 0 Å². The highest BCUT2D eigenvalue weighted by Crippen LogP contribution is 2.25. The van der Waals surface area contributed by atoms with Gasteiger partial charge in [-0.3, -0.25) is 0 Å². The molecule has 0 aliphatic heterocycles. The SMILES string of the molecule is Brc1nc(Br)c2nc(Br)c(Br)nc2n1. The van der Waals surface area contributed by atoms with Crippen LogP contribution in [-0.4, -0.2) is 19.9 Å². The predicted molar refractivity (Wildman–Crippen MR) is 65.9 cm³/mol. The number of halogens is 4. The maximum absolute atomic E-state index is 4.23. The zero-order valence-corrected chi connectivity index (χ0v) is 12.6. The summed E-state index contributed by atoms with van der Waals surface area (Å²) in [7, 11) is 0. The van der Waals surface area contributed by atoms with Gasteiger partial charge in [0.15, 0.2) is 10.4 Å². The van der Waals surface area contributed by atoms with Crippen molar-refractivity contribution in [3.8, 4) is 0 Å². The summed E-state index contributed by atoms with van der Waals surface area (Å²) >= 11 is 13.0. The number of hydrogen-bond acceptors (Lipinski definition) is 4. The van der Waals surface area contributed by atoms with Crippen LogP contribution in [0.5, 0.6) is 0 Å². The van der Waals surface area contributed by atoms with Crippen molar-refractivity contribution in [3.63, 3.8) is 0 Å². The first-order chi connectivity index (χ1) is 6.58. The highest BCUT2D eigenvalue weighted by Gasteiger charge is 2.09. The number of nitrogens with zero attached hydrogens (tertiary/aromatic N) is 4. The molecule has 0 spiro atoms. The molecule has 0 radical (unpaired) electrons. The summed E-state index contributed by atoms with van der Waals surface area (Å²) in [6.45, 7) is 0. The van der Waals surface area contributed by atoms with Crippen LogP contribution in [0.25, 0.3) is 11.2 Å². The maximum Gasteiger partial charge on any atom is 0.199 e. The van der Waals surface area contributed by atoms with Gasteiger partial charge in [-0.1, -0.05) is 0 Å². The van der Waals surface area contributed by atoms with E-state index in [4.69, 9.17) is 0 Å². The van der Waals surface area contributed by atoms with Crippen molar-refractivity contribution in [1.82, 2.24) is 19.9 Å². The van der Waals surface area contributed by atoms with E-state index in [1.807, 2.05) is 0 Å². The van der Waals surface area contributed by atoms with E-state index in [-0.39, 0.29) is 0 Å². The third-order valence-corrected chi connectivity index (χ3v) is 3.93. The summed E-state index contributed by atoms with van der Waals surface area (Å²) in [5.41, 5.74) is 1.14. The highest BCUT2D eigenvalue weighted by molar-refractivity contribution is 9.13. The van der Waals surface area contributed by atoms with Crippen molar-refractivity contribution < 1.29 is 0 Å². The van der Waals surface area contributed by atoms with Gasteiger partial charge >= 0.3 is 0 Å². The smallest absolute Gasteiger partial charge is 0.199 e. The minimum atomic E-state index is 0.473. The second-order valence-corrected chi connectivity index (χ2v) is 5.22. The zero-order valence-electron chi connectivity index (χ0n) is 6.30. The molecule has 0 aliphatic carbocycles. The molecule has 0 amide bonds. The van der Waals surface area contributed by atoms with Crippen molar-refractivity contribution in [2.75, 3.05) is 0 Å². The van der Waals surface area contributed by atoms with Crippen LogP contribution in [0.2, 0.25) is 0 Å². The lowest BCUT2D eigenvalue weighted by Crippen LogP contribution is -1.94. The molecule has 0 aliphatic rings. The lowest BCUT2D eigenvalue weighted by Gasteiger charge is -2.00. The minimum absolute atomic E-state index is 0.473. The molecule has 0 atom stereocenters. The summed E-state index contributed by atoms with van der Waals surface area (Å²) in [6.07, 6.45) is 0. The summed E-state index contributed by atoms with van der Waals surface area (Å²) in [4.78, 5) is 16.6. The molecular formula is C6Br4N4. The fourth-order valence-corrected chi connectivity index (χ4v) is 2.39. The van der Waals surface area contributed by atoms with E-state index >= 15 is 0 Å². The zero-order chi connectivity index (χ0) is 10.3. The number of rotatable bonds is 0. The second-order valence-electron chi connectivity index (χ2n) is 2.26. The Kier molecular flexibility index (Phi) is 3.15. The normalized spacial score (nSPS) is 10.9. The van der Waals surface area contributed by atoms with Gasteiger partial charge in [-0.25, -0.2) is 19.9 Å². The quantitative estimate of drug-likeness (QED) is 0.458. The van der Waals surface area contributed by atoms with Crippen molar-refractivity contribution in [1.29, 1.82) is 0 Å².